The smallest absolute Gasteiger partial charge is 0.328 e. The molecule has 21 heavy (non-hydrogen) atoms. The second-order valence-corrected chi connectivity index (χ2v) is 5.09. The first-order chi connectivity index (χ1) is 10.1. The van der Waals surface area contributed by atoms with Crippen molar-refractivity contribution in [2.45, 2.75) is 32.9 Å². The first-order valence-electron chi connectivity index (χ1n) is 7.02. The molecular formula is C16H19N3O2. The van der Waals surface area contributed by atoms with Gasteiger partial charge >= 0.3 is 5.69 Å². The molecule has 0 spiro atoms. The quantitative estimate of drug-likeness (QED) is 0.766. The monoisotopic (exact) mass is 285 g/mol. The van der Waals surface area contributed by atoms with Gasteiger partial charge in [0.15, 0.2) is 0 Å². The number of nitrogens with zero attached hydrogens (tertiary/aromatic N) is 3. The molecule has 0 aliphatic rings. The second kappa shape index (κ2) is 6.80. The number of rotatable bonds is 6. The van der Waals surface area contributed by atoms with E-state index in [1.807, 2.05) is 19.9 Å². The molecule has 0 aliphatic heterocycles. The molecule has 0 atom stereocenters. The Kier molecular flexibility index (Phi) is 4.83. The first kappa shape index (κ1) is 14.9. The van der Waals surface area contributed by atoms with Gasteiger partial charge in [0, 0.05) is 25.0 Å². The summed E-state index contributed by atoms with van der Waals surface area (Å²) in [7, 11) is 0. The van der Waals surface area contributed by atoms with Crippen LogP contribution in [0.2, 0.25) is 0 Å². The van der Waals surface area contributed by atoms with Crippen LogP contribution in [-0.4, -0.2) is 15.7 Å². The molecule has 1 aromatic carbocycles. The Balaban J connectivity index is 1.88. The maximum Gasteiger partial charge on any atom is 0.328 e. The summed E-state index contributed by atoms with van der Waals surface area (Å²) in [6, 6.07) is 9.40. The fourth-order valence-electron chi connectivity index (χ4n) is 2.09. The largest absolute Gasteiger partial charge is 0.492 e. The van der Waals surface area contributed by atoms with Crippen molar-refractivity contribution in [1.29, 1.82) is 5.26 Å². The van der Waals surface area contributed by atoms with Gasteiger partial charge in [-0.05, 0) is 32.4 Å². The lowest BCUT2D eigenvalue weighted by Gasteiger charge is -2.08. The van der Waals surface area contributed by atoms with Crippen LogP contribution >= 0.6 is 0 Å². The Bertz CT molecular complexity index is 692. The number of aromatic nitrogens is 2. The zero-order valence-corrected chi connectivity index (χ0v) is 12.3. The molecule has 2 rings (SSSR count). The van der Waals surface area contributed by atoms with Crippen molar-refractivity contribution in [2.75, 3.05) is 6.61 Å². The predicted molar refractivity (Wildman–Crippen MR) is 80.3 cm³/mol. The normalized spacial score (nSPS) is 10.6. The molecule has 0 aliphatic carbocycles. The van der Waals surface area contributed by atoms with Crippen LogP contribution in [0.15, 0.2) is 41.5 Å². The van der Waals surface area contributed by atoms with Crippen LogP contribution in [0.3, 0.4) is 0 Å². The van der Waals surface area contributed by atoms with E-state index in [0.29, 0.717) is 30.9 Å². The molecule has 5 nitrogen and oxygen atoms in total. The van der Waals surface area contributed by atoms with Crippen molar-refractivity contribution < 1.29 is 4.74 Å². The van der Waals surface area contributed by atoms with Gasteiger partial charge in [-0.1, -0.05) is 12.1 Å². The van der Waals surface area contributed by atoms with Gasteiger partial charge in [-0.2, -0.15) is 5.26 Å². The van der Waals surface area contributed by atoms with E-state index >= 15 is 0 Å². The molecule has 2 aromatic rings. The van der Waals surface area contributed by atoms with Gasteiger partial charge in [-0.3, -0.25) is 9.13 Å². The highest BCUT2D eigenvalue weighted by atomic mass is 16.5. The standard InChI is InChI=1S/C16H19N3O2/c1-13(2)19-10-9-18(16(19)20)8-5-11-21-15-7-4-3-6-14(15)12-17/h3-4,6-7,9-10,13H,5,8,11H2,1-2H3. The van der Waals surface area contributed by atoms with Crippen LogP contribution in [0.25, 0.3) is 0 Å². The van der Waals surface area contributed by atoms with Gasteiger partial charge in [0.2, 0.25) is 0 Å². The van der Waals surface area contributed by atoms with E-state index in [4.69, 9.17) is 10.00 Å². The zero-order valence-electron chi connectivity index (χ0n) is 12.3. The number of aryl methyl sites for hydroxylation is 1. The Morgan fingerprint density at radius 2 is 2.05 bits per heavy atom. The molecule has 5 heteroatoms. The molecule has 0 unspecified atom stereocenters. The van der Waals surface area contributed by atoms with Crippen LogP contribution in [0.4, 0.5) is 0 Å². The van der Waals surface area contributed by atoms with Crippen molar-refractivity contribution in [3.05, 3.63) is 52.7 Å². The van der Waals surface area contributed by atoms with E-state index < -0.39 is 0 Å². The average Bonchev–Trinajstić information content (AvgIpc) is 2.85. The van der Waals surface area contributed by atoms with Crippen LogP contribution in [-0.2, 0) is 6.54 Å². The van der Waals surface area contributed by atoms with E-state index in [1.54, 1.807) is 39.7 Å². The van der Waals surface area contributed by atoms with Gasteiger partial charge < -0.3 is 4.74 Å². The highest BCUT2D eigenvalue weighted by Crippen LogP contribution is 2.16. The Labute approximate surface area is 124 Å². The van der Waals surface area contributed by atoms with Gasteiger partial charge in [0.1, 0.15) is 11.8 Å². The summed E-state index contributed by atoms with van der Waals surface area (Å²) in [6.07, 6.45) is 4.31. The van der Waals surface area contributed by atoms with Crippen molar-refractivity contribution in [3.8, 4) is 11.8 Å². The molecule has 110 valence electrons. The number of imidazole rings is 1. The Morgan fingerprint density at radius 1 is 1.29 bits per heavy atom. The number of hydrogen-bond acceptors (Lipinski definition) is 3. The minimum atomic E-state index is 0.00225. The van der Waals surface area contributed by atoms with E-state index in [9.17, 15) is 4.79 Å². The zero-order chi connectivity index (χ0) is 15.2. The molecule has 0 bridgehead atoms. The van der Waals surface area contributed by atoms with Gasteiger partial charge in [-0.25, -0.2) is 4.79 Å². The number of benzene rings is 1. The van der Waals surface area contributed by atoms with E-state index in [1.165, 1.54) is 0 Å². The molecule has 0 fully saturated rings. The lowest BCUT2D eigenvalue weighted by molar-refractivity contribution is 0.299. The summed E-state index contributed by atoms with van der Waals surface area (Å²) in [5.74, 6) is 0.590. The molecule has 0 radical (unpaired) electrons. The fourth-order valence-corrected chi connectivity index (χ4v) is 2.09. The Morgan fingerprint density at radius 3 is 2.71 bits per heavy atom. The number of ether oxygens (including phenoxy) is 1. The summed E-state index contributed by atoms with van der Waals surface area (Å²) in [6.45, 7) is 5.03. The summed E-state index contributed by atoms with van der Waals surface area (Å²) in [4.78, 5) is 12.0. The molecular weight excluding hydrogens is 266 g/mol. The van der Waals surface area contributed by atoms with Crippen LogP contribution < -0.4 is 10.4 Å². The van der Waals surface area contributed by atoms with E-state index in [2.05, 4.69) is 6.07 Å². The lowest BCUT2D eigenvalue weighted by atomic mass is 10.2. The lowest BCUT2D eigenvalue weighted by Crippen LogP contribution is -2.25. The molecule has 1 heterocycles. The second-order valence-electron chi connectivity index (χ2n) is 5.09. The maximum atomic E-state index is 12.0. The van der Waals surface area contributed by atoms with Gasteiger partial charge in [0.05, 0.1) is 12.2 Å². The summed E-state index contributed by atoms with van der Waals surface area (Å²) in [5.41, 5.74) is 0.531. The molecule has 1 aromatic heterocycles. The minimum Gasteiger partial charge on any atom is -0.492 e. The highest BCUT2D eigenvalue weighted by molar-refractivity contribution is 5.42. The molecule has 0 saturated heterocycles. The Hall–Kier alpha value is -2.48. The third-order valence-corrected chi connectivity index (χ3v) is 3.24. The number of hydrogen-bond donors (Lipinski definition) is 0. The molecule has 0 saturated carbocycles. The maximum absolute atomic E-state index is 12.0. The van der Waals surface area contributed by atoms with Crippen molar-refractivity contribution in [3.63, 3.8) is 0 Å². The SMILES string of the molecule is CC(C)n1ccn(CCCOc2ccccc2C#N)c1=O. The first-order valence-corrected chi connectivity index (χ1v) is 7.02. The summed E-state index contributed by atoms with van der Waals surface area (Å²) in [5, 5.41) is 8.97. The predicted octanol–water partition coefficient (Wildman–Crippen LogP) is 2.57. The number of nitriles is 1. The van der Waals surface area contributed by atoms with Gasteiger partial charge in [-0.15, -0.1) is 0 Å². The summed E-state index contributed by atoms with van der Waals surface area (Å²) < 4.78 is 8.98. The van der Waals surface area contributed by atoms with Crippen molar-refractivity contribution in [2.24, 2.45) is 0 Å². The minimum absolute atomic E-state index is 0.00225. The molecule has 0 amide bonds. The topological polar surface area (TPSA) is 59.9 Å². The fraction of sp³-hybridized carbons (Fsp3) is 0.375. The van der Waals surface area contributed by atoms with Crippen LogP contribution in [0.1, 0.15) is 31.9 Å². The van der Waals surface area contributed by atoms with Gasteiger partial charge in [0.25, 0.3) is 0 Å². The third-order valence-electron chi connectivity index (χ3n) is 3.24. The highest BCUT2D eigenvalue weighted by Gasteiger charge is 2.06. The molecule has 0 N–H and O–H groups in total. The average molecular weight is 285 g/mol. The third kappa shape index (κ3) is 3.54. The van der Waals surface area contributed by atoms with Crippen molar-refractivity contribution in [1.82, 2.24) is 9.13 Å². The van der Waals surface area contributed by atoms with Crippen LogP contribution in [0, 0.1) is 11.3 Å². The van der Waals surface area contributed by atoms with E-state index in [-0.39, 0.29) is 11.7 Å². The van der Waals surface area contributed by atoms with E-state index in [0.717, 1.165) is 0 Å². The number of para-hydroxylation sites is 1. The van der Waals surface area contributed by atoms with Crippen LogP contribution in [0.5, 0.6) is 5.75 Å². The van der Waals surface area contributed by atoms with Crippen molar-refractivity contribution >= 4 is 0 Å². The summed E-state index contributed by atoms with van der Waals surface area (Å²) >= 11 is 0.